The van der Waals surface area contributed by atoms with Crippen molar-refractivity contribution < 1.29 is 19.2 Å². The first-order valence-electron chi connectivity index (χ1n) is 13.8. The van der Waals surface area contributed by atoms with E-state index in [1.54, 1.807) is 19.0 Å². The summed E-state index contributed by atoms with van der Waals surface area (Å²) in [5, 5.41) is 18.6. The van der Waals surface area contributed by atoms with Gasteiger partial charge in [0.1, 0.15) is 18.1 Å². The molecule has 2 heterocycles. The van der Waals surface area contributed by atoms with Gasteiger partial charge in [0.15, 0.2) is 0 Å². The lowest BCUT2D eigenvalue weighted by atomic mass is 9.67. The van der Waals surface area contributed by atoms with Crippen LogP contribution in [-0.4, -0.2) is 77.9 Å². The molecule has 0 bridgehead atoms. The van der Waals surface area contributed by atoms with Crippen molar-refractivity contribution in [3.05, 3.63) is 0 Å². The maximum absolute atomic E-state index is 14.1. The van der Waals surface area contributed by atoms with Crippen molar-refractivity contribution in [1.82, 2.24) is 25.8 Å². The van der Waals surface area contributed by atoms with Gasteiger partial charge >= 0.3 is 6.03 Å². The molecule has 2 spiro atoms. The minimum atomic E-state index is -0.826. The van der Waals surface area contributed by atoms with E-state index in [2.05, 4.69) is 35.9 Å². The third kappa shape index (κ3) is 5.34. The second-order valence-electron chi connectivity index (χ2n) is 14.1. The smallest absolute Gasteiger partial charge is 0.317 e. The van der Waals surface area contributed by atoms with E-state index in [0.717, 1.165) is 25.7 Å². The summed E-state index contributed by atoms with van der Waals surface area (Å²) in [6, 6.07) is -0.621. The Labute approximate surface area is 226 Å². The fourth-order valence-corrected chi connectivity index (χ4v) is 6.32. The second kappa shape index (κ2) is 9.42. The Morgan fingerprint density at radius 2 is 1.76 bits per heavy atom. The molecule has 2 aliphatic heterocycles. The van der Waals surface area contributed by atoms with E-state index >= 15 is 0 Å². The Balaban J connectivity index is 1.54. The van der Waals surface area contributed by atoms with Crippen molar-refractivity contribution in [2.45, 2.75) is 103 Å². The summed E-state index contributed by atoms with van der Waals surface area (Å²) >= 11 is 0. The first-order valence-corrected chi connectivity index (χ1v) is 13.8. The average molecular weight is 529 g/mol. The van der Waals surface area contributed by atoms with Crippen LogP contribution in [0, 0.1) is 33.5 Å². The van der Waals surface area contributed by atoms with Gasteiger partial charge < -0.3 is 25.8 Å². The van der Waals surface area contributed by atoms with Crippen LogP contribution in [0.3, 0.4) is 0 Å². The lowest BCUT2D eigenvalue weighted by molar-refractivity contribution is -0.152. The Morgan fingerprint density at radius 3 is 2.24 bits per heavy atom. The fourth-order valence-electron chi connectivity index (χ4n) is 6.32. The molecule has 4 fully saturated rings. The summed E-state index contributed by atoms with van der Waals surface area (Å²) in [4.78, 5) is 55.9. The van der Waals surface area contributed by atoms with Crippen LogP contribution < -0.4 is 16.0 Å². The Morgan fingerprint density at radius 1 is 1.13 bits per heavy atom. The highest BCUT2D eigenvalue weighted by atomic mass is 16.2. The highest BCUT2D eigenvalue weighted by Crippen LogP contribution is 2.63. The zero-order chi connectivity index (χ0) is 28.3. The monoisotopic (exact) mass is 528 g/mol. The van der Waals surface area contributed by atoms with Crippen molar-refractivity contribution in [2.75, 3.05) is 20.6 Å². The van der Waals surface area contributed by atoms with Crippen molar-refractivity contribution in [3.8, 4) is 6.07 Å². The van der Waals surface area contributed by atoms with Crippen LogP contribution in [0.15, 0.2) is 0 Å². The van der Waals surface area contributed by atoms with Crippen molar-refractivity contribution in [3.63, 3.8) is 0 Å². The zero-order valence-electron chi connectivity index (χ0n) is 23.9. The number of carbonyl (C=O) groups excluding carboxylic acids is 4. The van der Waals surface area contributed by atoms with Crippen LogP contribution in [0.5, 0.6) is 0 Å². The van der Waals surface area contributed by atoms with Gasteiger partial charge in [-0.1, -0.05) is 34.6 Å². The van der Waals surface area contributed by atoms with E-state index in [4.69, 9.17) is 0 Å². The van der Waals surface area contributed by atoms with Crippen LogP contribution in [0.25, 0.3) is 0 Å². The molecule has 2 saturated carbocycles. The minimum Gasteiger partial charge on any atom is -0.350 e. The standard InChI is InChI=1S/C28H44N6O4/c1-25(2,3)20(31-24(38)33(6)7)23(37)34-16-27(8-9-27)26(4,5)14-19(34)22(36)30-18(15-29)12-17-13-28(10-11-28)32-21(17)35/h17-20H,8-14,16H2,1-7H3,(H,30,36)(H,31,38)(H,32,35)/t17-,18+,19+,20-/m1/s1. The predicted octanol–water partition coefficient (Wildman–Crippen LogP) is 2.15. The number of piperidine rings is 1. The van der Waals surface area contributed by atoms with Crippen LogP contribution in [0.1, 0.15) is 79.6 Å². The molecule has 210 valence electrons. The van der Waals surface area contributed by atoms with E-state index in [1.807, 2.05) is 20.8 Å². The molecule has 4 atom stereocenters. The normalized spacial score (nSPS) is 27.6. The lowest BCUT2D eigenvalue weighted by Crippen LogP contribution is -2.65. The molecule has 3 N–H and O–H groups in total. The van der Waals surface area contributed by atoms with Gasteiger partial charge in [-0.3, -0.25) is 14.4 Å². The summed E-state index contributed by atoms with van der Waals surface area (Å²) in [5.74, 6) is -1.01. The number of likely N-dealkylation sites (tertiary alicyclic amines) is 1. The van der Waals surface area contributed by atoms with E-state index in [-0.39, 0.29) is 52.5 Å². The molecular weight excluding hydrogens is 484 g/mol. The molecule has 4 rings (SSSR count). The van der Waals surface area contributed by atoms with E-state index in [9.17, 15) is 24.4 Å². The van der Waals surface area contributed by atoms with Gasteiger partial charge in [0, 0.05) is 32.1 Å². The molecule has 0 aromatic heterocycles. The summed E-state index contributed by atoms with van der Waals surface area (Å²) in [7, 11) is 3.24. The first-order chi connectivity index (χ1) is 17.5. The molecule has 0 unspecified atom stereocenters. The summed E-state index contributed by atoms with van der Waals surface area (Å²) in [5.41, 5.74) is -0.901. The van der Waals surface area contributed by atoms with Crippen LogP contribution in [-0.2, 0) is 14.4 Å². The molecular formula is C28H44N6O4. The SMILES string of the molecule is CN(C)C(=O)N[C@H](C(=O)N1CC2(CC2)C(C)(C)C[C@H]1C(=O)N[C@H](C#N)C[C@@H]1CC2(CC2)NC1=O)C(C)(C)C. The highest BCUT2D eigenvalue weighted by Gasteiger charge is 2.61. The van der Waals surface area contributed by atoms with Gasteiger partial charge in [0.2, 0.25) is 17.7 Å². The van der Waals surface area contributed by atoms with Crippen molar-refractivity contribution in [2.24, 2.45) is 22.2 Å². The molecule has 10 heteroatoms. The van der Waals surface area contributed by atoms with Crippen molar-refractivity contribution >= 4 is 23.8 Å². The van der Waals surface area contributed by atoms with Gasteiger partial charge in [-0.15, -0.1) is 0 Å². The van der Waals surface area contributed by atoms with Crippen molar-refractivity contribution in [1.29, 1.82) is 5.26 Å². The Kier molecular flexibility index (Phi) is 6.99. The number of hydrogen-bond donors (Lipinski definition) is 3. The number of amides is 5. The molecule has 0 aromatic carbocycles. The highest BCUT2D eigenvalue weighted by molar-refractivity contribution is 5.93. The fraction of sp³-hybridized carbons (Fsp3) is 0.821. The molecule has 0 aromatic rings. The van der Waals surface area contributed by atoms with Crippen LogP contribution in [0.4, 0.5) is 4.79 Å². The largest absolute Gasteiger partial charge is 0.350 e. The quantitative estimate of drug-likeness (QED) is 0.486. The number of nitrogens with one attached hydrogen (secondary N) is 3. The third-order valence-electron chi connectivity index (χ3n) is 9.46. The zero-order valence-corrected chi connectivity index (χ0v) is 23.9. The van der Waals surface area contributed by atoms with Gasteiger partial charge in [-0.25, -0.2) is 4.79 Å². The molecule has 38 heavy (non-hydrogen) atoms. The number of carbonyl (C=O) groups is 4. The number of hydrogen-bond acceptors (Lipinski definition) is 5. The van der Waals surface area contributed by atoms with Gasteiger partial charge in [0.05, 0.1) is 6.07 Å². The molecule has 2 aliphatic carbocycles. The number of nitrogens with zero attached hydrogens (tertiary/aromatic N) is 3. The van der Waals surface area contributed by atoms with E-state index < -0.39 is 23.5 Å². The Hall–Kier alpha value is -2.83. The molecule has 10 nitrogen and oxygen atoms in total. The second-order valence-corrected chi connectivity index (χ2v) is 14.1. The maximum atomic E-state index is 14.1. The Bertz CT molecular complexity index is 1050. The third-order valence-corrected chi connectivity index (χ3v) is 9.46. The van der Waals surface area contributed by atoms with Gasteiger partial charge in [0.25, 0.3) is 0 Å². The molecule has 5 amide bonds. The summed E-state index contributed by atoms with van der Waals surface area (Å²) in [6.07, 6.45) is 5.33. The molecule has 2 saturated heterocycles. The lowest BCUT2D eigenvalue weighted by Gasteiger charge is -2.50. The molecule has 0 radical (unpaired) electrons. The first kappa shape index (κ1) is 28.2. The van der Waals surface area contributed by atoms with Crippen LogP contribution in [0.2, 0.25) is 0 Å². The molecule has 4 aliphatic rings. The van der Waals surface area contributed by atoms with Crippen LogP contribution >= 0.6 is 0 Å². The maximum Gasteiger partial charge on any atom is 0.317 e. The average Bonchev–Trinajstić information content (AvgIpc) is 3.72. The van der Waals surface area contributed by atoms with Gasteiger partial charge in [-0.05, 0) is 61.2 Å². The van der Waals surface area contributed by atoms with Gasteiger partial charge in [-0.2, -0.15) is 5.26 Å². The summed E-state index contributed by atoms with van der Waals surface area (Å²) < 4.78 is 0. The number of rotatable bonds is 6. The number of nitriles is 1. The van der Waals surface area contributed by atoms with E-state index in [0.29, 0.717) is 19.4 Å². The minimum absolute atomic E-state index is 0.0482. The number of urea groups is 1. The topological polar surface area (TPSA) is 135 Å². The summed E-state index contributed by atoms with van der Waals surface area (Å²) in [6.45, 7) is 10.4. The predicted molar refractivity (Wildman–Crippen MR) is 141 cm³/mol. The van der Waals surface area contributed by atoms with E-state index in [1.165, 1.54) is 4.90 Å².